The lowest BCUT2D eigenvalue weighted by Gasteiger charge is -2.32. The molecule has 1 aliphatic heterocycles. The van der Waals surface area contributed by atoms with E-state index in [4.69, 9.17) is 0 Å². The summed E-state index contributed by atoms with van der Waals surface area (Å²) in [6.07, 6.45) is 2.78. The average molecular weight is 427 g/mol. The zero-order valence-corrected chi connectivity index (χ0v) is 18.2. The summed E-state index contributed by atoms with van der Waals surface area (Å²) in [5.74, 6) is -0.0532. The smallest absolute Gasteiger partial charge is 0.240 e. The van der Waals surface area contributed by atoms with Crippen LogP contribution in [0.1, 0.15) is 37.8 Å². The van der Waals surface area contributed by atoms with Crippen molar-refractivity contribution in [3.05, 3.63) is 53.7 Å². The largest absolute Gasteiger partial charge is 0.326 e. The Balaban J connectivity index is 1.43. The molecule has 158 valence electrons. The molecule has 2 aromatic carbocycles. The Morgan fingerprint density at radius 2 is 2.00 bits per heavy atom. The minimum Gasteiger partial charge on any atom is -0.326 e. The highest BCUT2D eigenvalue weighted by atomic mass is 32.2. The second kappa shape index (κ2) is 7.52. The van der Waals surface area contributed by atoms with Crippen LogP contribution in [0.15, 0.2) is 47.5 Å². The second-order valence-electron chi connectivity index (χ2n) is 8.50. The Kier molecular flexibility index (Phi) is 5.15. The van der Waals surface area contributed by atoms with E-state index in [0.717, 1.165) is 22.0 Å². The highest BCUT2D eigenvalue weighted by Crippen LogP contribution is 2.38. The summed E-state index contributed by atoms with van der Waals surface area (Å²) in [6.45, 7) is 6.87. The molecule has 2 heterocycles. The third-order valence-electron chi connectivity index (χ3n) is 5.55. The fraction of sp³-hybridized carbons (Fsp3) is 0.364. The van der Waals surface area contributed by atoms with Gasteiger partial charge in [-0.1, -0.05) is 26.0 Å². The van der Waals surface area contributed by atoms with Crippen LogP contribution < -0.4 is 10.0 Å². The van der Waals surface area contributed by atoms with Crippen molar-refractivity contribution in [2.45, 2.75) is 50.5 Å². The summed E-state index contributed by atoms with van der Waals surface area (Å²) >= 11 is 0. The number of aryl methyl sites for hydroxylation is 2. The van der Waals surface area contributed by atoms with Gasteiger partial charge in [-0.25, -0.2) is 13.1 Å². The van der Waals surface area contributed by atoms with Crippen molar-refractivity contribution in [3.8, 4) is 0 Å². The molecule has 0 unspecified atom stereocenters. The molecule has 30 heavy (non-hydrogen) atoms. The van der Waals surface area contributed by atoms with Gasteiger partial charge in [0.25, 0.3) is 0 Å². The zero-order valence-electron chi connectivity index (χ0n) is 17.4. The van der Waals surface area contributed by atoms with Crippen LogP contribution in [-0.4, -0.2) is 30.7 Å². The summed E-state index contributed by atoms with van der Waals surface area (Å²) in [6, 6.07) is 11.0. The van der Waals surface area contributed by atoms with E-state index in [0.29, 0.717) is 31.6 Å². The van der Waals surface area contributed by atoms with Gasteiger partial charge in [0.15, 0.2) is 0 Å². The first-order valence-electron chi connectivity index (χ1n) is 10.0. The lowest BCUT2D eigenvalue weighted by molar-refractivity contribution is -0.117. The van der Waals surface area contributed by atoms with Crippen LogP contribution in [-0.2, 0) is 26.8 Å². The number of carbonyl (C=O) groups is 1. The molecule has 0 aliphatic carbocycles. The number of hydrogen-bond donors (Lipinski definition) is 2. The normalized spacial score (nSPS) is 15.8. The molecule has 0 saturated heterocycles. The Morgan fingerprint density at radius 1 is 1.20 bits per heavy atom. The summed E-state index contributed by atoms with van der Waals surface area (Å²) in [5.41, 5.74) is 3.32. The van der Waals surface area contributed by atoms with Crippen LogP contribution in [0.5, 0.6) is 0 Å². The van der Waals surface area contributed by atoms with E-state index in [2.05, 4.69) is 21.2 Å². The Hall–Kier alpha value is -2.71. The molecule has 0 fully saturated rings. The molecule has 1 aromatic heterocycles. The highest BCUT2D eigenvalue weighted by Gasteiger charge is 2.33. The molecule has 0 atom stereocenters. The number of amides is 1. The molecular formula is C22H26N4O3S. The maximum Gasteiger partial charge on any atom is 0.240 e. The Labute approximate surface area is 176 Å². The topological polar surface area (TPSA) is 93.1 Å². The van der Waals surface area contributed by atoms with Gasteiger partial charge < -0.3 is 5.32 Å². The monoisotopic (exact) mass is 426 g/mol. The van der Waals surface area contributed by atoms with Crippen molar-refractivity contribution < 1.29 is 13.2 Å². The Bertz CT molecular complexity index is 1230. The summed E-state index contributed by atoms with van der Waals surface area (Å²) in [4.78, 5) is 12.1. The van der Waals surface area contributed by atoms with Gasteiger partial charge in [0, 0.05) is 36.0 Å². The summed E-state index contributed by atoms with van der Waals surface area (Å²) in [7, 11) is -3.64. The fourth-order valence-electron chi connectivity index (χ4n) is 3.93. The molecule has 4 rings (SSSR count). The van der Waals surface area contributed by atoms with Gasteiger partial charge in [-0.3, -0.25) is 9.48 Å². The minimum absolute atomic E-state index is 0.0532. The molecule has 1 aliphatic rings. The lowest BCUT2D eigenvalue weighted by atomic mass is 9.78. The summed E-state index contributed by atoms with van der Waals surface area (Å²) < 4.78 is 30.2. The number of benzene rings is 2. The first kappa shape index (κ1) is 20.6. The van der Waals surface area contributed by atoms with E-state index in [1.165, 1.54) is 6.07 Å². The number of anilines is 1. The molecule has 1 amide bonds. The molecule has 8 heteroatoms. The molecule has 7 nitrogen and oxygen atoms in total. The summed E-state index contributed by atoms with van der Waals surface area (Å²) in [5, 5.41) is 8.29. The van der Waals surface area contributed by atoms with Crippen molar-refractivity contribution in [2.75, 3.05) is 11.9 Å². The number of rotatable bonds is 6. The van der Waals surface area contributed by atoms with E-state index in [-0.39, 0.29) is 10.8 Å². The molecular weight excluding hydrogens is 400 g/mol. The lowest BCUT2D eigenvalue weighted by Crippen LogP contribution is -2.33. The first-order chi connectivity index (χ1) is 14.2. The number of carbonyl (C=O) groups excluding carboxylic acids is 1. The van der Waals surface area contributed by atoms with E-state index in [1.807, 2.05) is 43.8 Å². The molecule has 0 radical (unpaired) electrons. The van der Waals surface area contributed by atoms with Crippen molar-refractivity contribution in [2.24, 2.45) is 0 Å². The van der Waals surface area contributed by atoms with Crippen LogP contribution in [0.4, 0.5) is 5.69 Å². The standard InChI is InChI=1S/C22H26N4O3S/c1-15-5-6-16-14-23-26(20(16)11-15)10-4-9-24-30(28,29)17-7-8-19-18(12-17)22(2,3)13-21(27)25-19/h5-8,11-12,14,24H,4,9-10,13H2,1-3H3,(H,25,27). The maximum absolute atomic E-state index is 12.8. The number of fused-ring (bicyclic) bond motifs is 2. The van der Waals surface area contributed by atoms with E-state index in [9.17, 15) is 13.2 Å². The minimum atomic E-state index is -3.64. The van der Waals surface area contributed by atoms with Crippen LogP contribution in [0, 0.1) is 6.92 Å². The third-order valence-corrected chi connectivity index (χ3v) is 7.00. The fourth-order valence-corrected chi connectivity index (χ4v) is 5.03. The van der Waals surface area contributed by atoms with Gasteiger partial charge in [-0.15, -0.1) is 0 Å². The zero-order chi connectivity index (χ0) is 21.5. The number of hydrogen-bond acceptors (Lipinski definition) is 4. The molecule has 2 N–H and O–H groups in total. The maximum atomic E-state index is 12.8. The van der Waals surface area contributed by atoms with Crippen LogP contribution in [0.2, 0.25) is 0 Å². The molecule has 0 bridgehead atoms. The quantitative estimate of drug-likeness (QED) is 0.591. The van der Waals surface area contributed by atoms with Gasteiger partial charge in [-0.05, 0) is 48.7 Å². The number of sulfonamides is 1. The average Bonchev–Trinajstić information content (AvgIpc) is 3.06. The van der Waals surface area contributed by atoms with Crippen molar-refractivity contribution in [3.63, 3.8) is 0 Å². The van der Waals surface area contributed by atoms with Gasteiger partial charge in [-0.2, -0.15) is 5.10 Å². The third kappa shape index (κ3) is 3.97. The van der Waals surface area contributed by atoms with E-state index in [1.54, 1.807) is 12.1 Å². The van der Waals surface area contributed by atoms with Gasteiger partial charge in [0.2, 0.25) is 15.9 Å². The predicted octanol–water partition coefficient (Wildman–Crippen LogP) is 3.33. The first-order valence-corrected chi connectivity index (χ1v) is 11.5. The van der Waals surface area contributed by atoms with Crippen molar-refractivity contribution in [1.29, 1.82) is 0 Å². The van der Waals surface area contributed by atoms with E-state index >= 15 is 0 Å². The molecule has 0 spiro atoms. The Morgan fingerprint density at radius 3 is 2.80 bits per heavy atom. The number of nitrogens with one attached hydrogen (secondary N) is 2. The second-order valence-corrected chi connectivity index (χ2v) is 10.3. The number of aromatic nitrogens is 2. The van der Waals surface area contributed by atoms with Crippen LogP contribution in [0.3, 0.4) is 0 Å². The van der Waals surface area contributed by atoms with Crippen LogP contribution in [0.25, 0.3) is 10.9 Å². The van der Waals surface area contributed by atoms with Gasteiger partial charge >= 0.3 is 0 Å². The highest BCUT2D eigenvalue weighted by molar-refractivity contribution is 7.89. The SMILES string of the molecule is Cc1ccc2cnn(CCCNS(=O)(=O)c3ccc4c(c3)C(C)(C)CC(=O)N4)c2c1. The van der Waals surface area contributed by atoms with Crippen molar-refractivity contribution >= 4 is 32.5 Å². The van der Waals surface area contributed by atoms with Crippen LogP contribution >= 0.6 is 0 Å². The molecule has 3 aromatic rings. The number of nitrogens with zero attached hydrogens (tertiary/aromatic N) is 2. The predicted molar refractivity (Wildman–Crippen MR) is 117 cm³/mol. The van der Waals surface area contributed by atoms with Gasteiger partial charge in [0.1, 0.15) is 0 Å². The van der Waals surface area contributed by atoms with Crippen molar-refractivity contribution in [1.82, 2.24) is 14.5 Å². The van der Waals surface area contributed by atoms with E-state index < -0.39 is 15.4 Å². The molecule has 0 saturated carbocycles. The van der Waals surface area contributed by atoms with Gasteiger partial charge in [0.05, 0.1) is 16.6 Å².